The van der Waals surface area contributed by atoms with E-state index in [1.165, 1.54) is 0 Å². The summed E-state index contributed by atoms with van der Waals surface area (Å²) in [6, 6.07) is 8.47. The van der Waals surface area contributed by atoms with E-state index >= 15 is 0 Å². The molecule has 1 fully saturated rings. The summed E-state index contributed by atoms with van der Waals surface area (Å²) in [7, 11) is 0. The maximum absolute atomic E-state index is 13.4. The molecule has 0 bridgehead atoms. The molecule has 2 aromatic rings. The Hall–Kier alpha value is -2.08. The van der Waals surface area contributed by atoms with Crippen molar-refractivity contribution in [3.8, 4) is 11.1 Å². The summed E-state index contributed by atoms with van der Waals surface area (Å²) in [5.74, 6) is -1.25. The van der Waals surface area contributed by atoms with Gasteiger partial charge in [-0.15, -0.1) is 0 Å². The minimum Gasteiger partial charge on any atom is -0.478 e. The van der Waals surface area contributed by atoms with E-state index in [1.807, 2.05) is 6.07 Å². The highest BCUT2D eigenvalue weighted by Gasteiger charge is 2.57. The van der Waals surface area contributed by atoms with Gasteiger partial charge in [-0.05, 0) is 48.6 Å². The number of carboxylic acids is 1. The highest BCUT2D eigenvalue weighted by atomic mass is 35.5. The van der Waals surface area contributed by atoms with E-state index < -0.39 is 11.4 Å². The quantitative estimate of drug-likeness (QED) is 0.593. The summed E-state index contributed by atoms with van der Waals surface area (Å²) >= 11 is 12.6. The lowest BCUT2D eigenvalue weighted by Crippen LogP contribution is -2.47. The van der Waals surface area contributed by atoms with Gasteiger partial charge in [0.1, 0.15) is 0 Å². The van der Waals surface area contributed by atoms with Gasteiger partial charge in [0.25, 0.3) is 0 Å². The molecule has 1 spiro atoms. The number of nitrogens with one attached hydrogen (secondary N) is 2. The molecule has 5 nitrogen and oxygen atoms in total. The third kappa shape index (κ3) is 3.29. The Bertz CT molecular complexity index is 1060. The van der Waals surface area contributed by atoms with Crippen molar-refractivity contribution in [1.82, 2.24) is 5.32 Å². The van der Waals surface area contributed by atoms with E-state index in [0.29, 0.717) is 40.4 Å². The first-order chi connectivity index (χ1) is 14.0. The standard InChI is InChI=1S/C23H24Cl2N2O3/c1-22(2,3)11-16-23(7-8-26-16)19-15(27-21(23)30)10-14(25)18(20(28)29)17(19)12-5-4-6-13(24)9-12/h4-6,9-10,16,26H,7-8,11H2,1-3H3,(H,27,30)(H,28,29). The van der Waals surface area contributed by atoms with Crippen LogP contribution in [-0.4, -0.2) is 29.6 Å². The van der Waals surface area contributed by atoms with Crippen molar-refractivity contribution in [3.63, 3.8) is 0 Å². The Kier molecular flexibility index (Phi) is 5.12. The number of halogens is 2. The van der Waals surface area contributed by atoms with Crippen molar-refractivity contribution in [3.05, 3.63) is 51.5 Å². The zero-order chi connectivity index (χ0) is 21.8. The van der Waals surface area contributed by atoms with Crippen LogP contribution < -0.4 is 10.6 Å². The van der Waals surface area contributed by atoms with Gasteiger partial charge in [-0.3, -0.25) is 4.79 Å². The summed E-state index contributed by atoms with van der Waals surface area (Å²) in [6.07, 6.45) is 1.35. The number of carboxylic acid groups (broad SMARTS) is 1. The predicted octanol–water partition coefficient (Wildman–Crippen LogP) is 5.35. The van der Waals surface area contributed by atoms with Crippen LogP contribution in [0.4, 0.5) is 5.69 Å². The SMILES string of the molecule is CC(C)(C)CC1NCCC12C(=O)Nc1cc(Cl)c(C(=O)O)c(-c3cccc(Cl)c3)c12. The zero-order valence-corrected chi connectivity index (χ0v) is 18.6. The van der Waals surface area contributed by atoms with Gasteiger partial charge in [-0.2, -0.15) is 0 Å². The van der Waals surface area contributed by atoms with Crippen LogP contribution in [-0.2, 0) is 10.2 Å². The first-order valence-electron chi connectivity index (χ1n) is 9.95. The molecule has 0 aliphatic carbocycles. The van der Waals surface area contributed by atoms with Gasteiger partial charge < -0.3 is 15.7 Å². The summed E-state index contributed by atoms with van der Waals surface area (Å²) in [5.41, 5.74) is 1.49. The molecule has 0 radical (unpaired) electrons. The lowest BCUT2D eigenvalue weighted by atomic mass is 9.68. The third-order valence-corrected chi connectivity index (χ3v) is 6.56. The molecule has 2 heterocycles. The number of amides is 1. The third-order valence-electron chi connectivity index (χ3n) is 6.03. The number of fused-ring (bicyclic) bond motifs is 2. The van der Waals surface area contributed by atoms with Crippen molar-refractivity contribution in [1.29, 1.82) is 0 Å². The fraction of sp³-hybridized carbons (Fsp3) is 0.391. The topological polar surface area (TPSA) is 78.4 Å². The molecule has 4 rings (SSSR count). The molecule has 0 aromatic heterocycles. The second-order valence-corrected chi connectivity index (χ2v) is 10.1. The molecular weight excluding hydrogens is 423 g/mol. The van der Waals surface area contributed by atoms with Crippen LogP contribution in [0.5, 0.6) is 0 Å². The molecule has 2 aliphatic rings. The Balaban J connectivity index is 2.06. The highest BCUT2D eigenvalue weighted by Crippen LogP contribution is 2.53. The molecular formula is C23H24Cl2N2O3. The average molecular weight is 447 g/mol. The normalized spacial score (nSPS) is 23.0. The molecule has 158 valence electrons. The molecule has 7 heteroatoms. The van der Waals surface area contributed by atoms with E-state index in [0.717, 1.165) is 6.42 Å². The van der Waals surface area contributed by atoms with Crippen LogP contribution in [0.25, 0.3) is 11.1 Å². The highest BCUT2D eigenvalue weighted by molar-refractivity contribution is 6.35. The van der Waals surface area contributed by atoms with Crippen molar-refractivity contribution >= 4 is 40.8 Å². The Labute approximate surface area is 185 Å². The molecule has 2 aromatic carbocycles. The molecule has 2 atom stereocenters. The van der Waals surface area contributed by atoms with Gasteiger partial charge in [-0.1, -0.05) is 56.1 Å². The molecule has 2 aliphatic heterocycles. The summed E-state index contributed by atoms with van der Waals surface area (Å²) in [4.78, 5) is 25.7. The van der Waals surface area contributed by atoms with Crippen molar-refractivity contribution in [2.75, 3.05) is 11.9 Å². The second-order valence-electron chi connectivity index (χ2n) is 9.29. The predicted molar refractivity (Wildman–Crippen MR) is 120 cm³/mol. The maximum Gasteiger partial charge on any atom is 0.337 e. The van der Waals surface area contributed by atoms with E-state index in [2.05, 4.69) is 31.4 Å². The Morgan fingerprint density at radius 2 is 2.00 bits per heavy atom. The first kappa shape index (κ1) is 21.2. The number of carbonyl (C=O) groups excluding carboxylic acids is 1. The minimum absolute atomic E-state index is 0.00466. The fourth-order valence-corrected chi connectivity index (χ4v) is 5.40. The van der Waals surface area contributed by atoms with Crippen LogP contribution in [0.2, 0.25) is 10.0 Å². The molecule has 1 amide bonds. The smallest absolute Gasteiger partial charge is 0.337 e. The minimum atomic E-state index is -1.13. The van der Waals surface area contributed by atoms with Gasteiger partial charge in [0.15, 0.2) is 0 Å². The van der Waals surface area contributed by atoms with Crippen molar-refractivity contribution in [2.24, 2.45) is 5.41 Å². The lowest BCUT2D eigenvalue weighted by molar-refractivity contribution is -0.121. The van der Waals surface area contributed by atoms with Crippen LogP contribution in [0.15, 0.2) is 30.3 Å². The first-order valence-corrected chi connectivity index (χ1v) is 10.7. The van der Waals surface area contributed by atoms with Crippen LogP contribution in [0, 0.1) is 5.41 Å². The van der Waals surface area contributed by atoms with Crippen LogP contribution in [0.1, 0.15) is 49.5 Å². The maximum atomic E-state index is 13.4. The Morgan fingerprint density at radius 3 is 2.63 bits per heavy atom. The van der Waals surface area contributed by atoms with E-state index in [1.54, 1.807) is 24.3 Å². The number of aromatic carboxylic acids is 1. The van der Waals surface area contributed by atoms with Crippen LogP contribution >= 0.6 is 23.2 Å². The number of benzene rings is 2. The number of hydrogen-bond donors (Lipinski definition) is 3. The van der Waals surface area contributed by atoms with Gasteiger partial charge in [0.2, 0.25) is 5.91 Å². The number of anilines is 1. The second kappa shape index (κ2) is 7.26. The van der Waals surface area contributed by atoms with E-state index in [-0.39, 0.29) is 28.0 Å². The molecule has 1 saturated heterocycles. The summed E-state index contributed by atoms with van der Waals surface area (Å²) in [6.45, 7) is 7.08. The molecule has 2 unspecified atom stereocenters. The van der Waals surface area contributed by atoms with Crippen molar-refractivity contribution in [2.45, 2.75) is 45.1 Å². The lowest BCUT2D eigenvalue weighted by Gasteiger charge is -2.35. The largest absolute Gasteiger partial charge is 0.478 e. The number of hydrogen-bond acceptors (Lipinski definition) is 3. The summed E-state index contributed by atoms with van der Waals surface area (Å²) in [5, 5.41) is 17.1. The molecule has 3 N–H and O–H groups in total. The Morgan fingerprint density at radius 1 is 1.27 bits per heavy atom. The average Bonchev–Trinajstić information content (AvgIpc) is 3.14. The van der Waals surface area contributed by atoms with Gasteiger partial charge in [0.05, 0.1) is 16.0 Å². The van der Waals surface area contributed by atoms with Gasteiger partial charge in [0, 0.05) is 27.9 Å². The zero-order valence-electron chi connectivity index (χ0n) is 17.1. The molecule has 0 saturated carbocycles. The number of rotatable bonds is 3. The van der Waals surface area contributed by atoms with E-state index in [9.17, 15) is 14.7 Å². The van der Waals surface area contributed by atoms with Gasteiger partial charge in [-0.25, -0.2) is 4.79 Å². The van der Waals surface area contributed by atoms with Crippen LogP contribution in [0.3, 0.4) is 0 Å². The summed E-state index contributed by atoms with van der Waals surface area (Å²) < 4.78 is 0. The van der Waals surface area contributed by atoms with Gasteiger partial charge >= 0.3 is 5.97 Å². The van der Waals surface area contributed by atoms with Crippen molar-refractivity contribution < 1.29 is 14.7 Å². The monoisotopic (exact) mass is 446 g/mol. The number of carbonyl (C=O) groups is 2. The fourth-order valence-electron chi connectivity index (χ4n) is 4.92. The molecule has 30 heavy (non-hydrogen) atoms. The van der Waals surface area contributed by atoms with E-state index in [4.69, 9.17) is 23.2 Å².